The highest BCUT2D eigenvalue weighted by Crippen LogP contribution is 2.58. The summed E-state index contributed by atoms with van der Waals surface area (Å²) in [4.78, 5) is 2.48. The Kier molecular flexibility index (Phi) is 9.14. The highest BCUT2D eigenvalue weighted by molar-refractivity contribution is 5.91. The second-order valence-electron chi connectivity index (χ2n) is 18.1. The van der Waals surface area contributed by atoms with Crippen molar-refractivity contribution in [2.45, 2.75) is 24.7 Å². The molecule has 0 aromatic heterocycles. The Hall–Kier alpha value is -8.00. The van der Waals surface area contributed by atoms with E-state index in [-0.39, 0.29) is 5.41 Å². The monoisotopic (exact) mass is 829 g/mol. The van der Waals surface area contributed by atoms with Gasteiger partial charge in [0.25, 0.3) is 0 Å². The van der Waals surface area contributed by atoms with Crippen LogP contribution in [0.25, 0.3) is 55.6 Å². The molecule has 0 spiro atoms. The van der Waals surface area contributed by atoms with Crippen LogP contribution in [0.2, 0.25) is 0 Å². The second-order valence-corrected chi connectivity index (χ2v) is 18.1. The fourth-order valence-electron chi connectivity index (χ4n) is 11.0. The van der Waals surface area contributed by atoms with E-state index in [1.807, 2.05) is 0 Å². The van der Waals surface area contributed by atoms with Crippen molar-refractivity contribution in [2.24, 2.45) is 0 Å². The molecule has 0 amide bonds. The summed E-state index contributed by atoms with van der Waals surface area (Å²) in [5.41, 5.74) is 23.0. The summed E-state index contributed by atoms with van der Waals surface area (Å²) in [6.07, 6.45) is 0. The van der Waals surface area contributed by atoms with Crippen LogP contribution < -0.4 is 4.90 Å². The third-order valence-electron chi connectivity index (χ3n) is 14.2. The van der Waals surface area contributed by atoms with Gasteiger partial charge >= 0.3 is 0 Å². The van der Waals surface area contributed by atoms with Gasteiger partial charge in [0.1, 0.15) is 0 Å². The molecule has 10 aromatic carbocycles. The Morgan fingerprint density at radius 3 is 1.22 bits per heavy atom. The second kappa shape index (κ2) is 15.4. The van der Waals surface area contributed by atoms with E-state index in [0.717, 1.165) is 17.1 Å². The molecule has 12 rings (SSSR count). The lowest BCUT2D eigenvalue weighted by molar-refractivity contribution is 0.660. The highest BCUT2D eigenvalue weighted by Gasteiger charge is 2.46. The van der Waals surface area contributed by atoms with E-state index in [1.54, 1.807) is 0 Å². The molecule has 0 bridgehead atoms. The first-order chi connectivity index (χ1) is 32.0. The van der Waals surface area contributed by atoms with Crippen molar-refractivity contribution in [3.8, 4) is 55.6 Å². The molecule has 1 heteroatoms. The van der Waals surface area contributed by atoms with E-state index in [9.17, 15) is 0 Å². The molecule has 65 heavy (non-hydrogen) atoms. The van der Waals surface area contributed by atoms with Gasteiger partial charge in [-0.25, -0.2) is 0 Å². The first kappa shape index (κ1) is 38.7. The minimum atomic E-state index is -0.511. The Morgan fingerprint density at radius 2 is 0.646 bits per heavy atom. The van der Waals surface area contributed by atoms with Crippen LogP contribution in [0.4, 0.5) is 17.1 Å². The van der Waals surface area contributed by atoms with Crippen molar-refractivity contribution < 1.29 is 0 Å². The molecule has 0 heterocycles. The zero-order valence-corrected chi connectivity index (χ0v) is 36.6. The predicted molar refractivity (Wildman–Crippen MR) is 272 cm³/mol. The van der Waals surface area contributed by atoms with E-state index in [0.29, 0.717) is 0 Å². The van der Waals surface area contributed by atoms with Gasteiger partial charge in [-0.15, -0.1) is 0 Å². The van der Waals surface area contributed by atoms with Gasteiger partial charge in [-0.05, 0) is 125 Å². The van der Waals surface area contributed by atoms with Crippen molar-refractivity contribution >= 4 is 17.1 Å². The van der Waals surface area contributed by atoms with Crippen LogP contribution in [0, 0.1) is 0 Å². The molecular weight excluding hydrogens is 783 g/mol. The van der Waals surface area contributed by atoms with E-state index in [2.05, 4.69) is 267 Å². The minimum Gasteiger partial charge on any atom is -0.310 e. The SMILES string of the molecule is CC1(C)c2ccccc2-c2ccc(N(c3cccc(-c4ccc(-c5ccc(-c6ccccc6)cc5)cc4)c3)c3ccc4c(c3)C(c3ccccc3)(c3ccccc3)c3ccccc3-4)cc21. The molecule has 1 nitrogen and oxygen atoms in total. The van der Waals surface area contributed by atoms with Gasteiger partial charge in [-0.3, -0.25) is 0 Å². The summed E-state index contributed by atoms with van der Waals surface area (Å²) >= 11 is 0. The van der Waals surface area contributed by atoms with Crippen LogP contribution in [0.1, 0.15) is 47.2 Å². The predicted octanol–water partition coefficient (Wildman–Crippen LogP) is 16.8. The van der Waals surface area contributed by atoms with E-state index < -0.39 is 5.41 Å². The maximum atomic E-state index is 2.48. The Balaban J connectivity index is 1.01. The van der Waals surface area contributed by atoms with Crippen LogP contribution in [-0.2, 0) is 10.8 Å². The molecule has 0 saturated heterocycles. The summed E-state index contributed by atoms with van der Waals surface area (Å²) in [5.74, 6) is 0. The number of hydrogen-bond acceptors (Lipinski definition) is 1. The molecule has 10 aromatic rings. The number of rotatable bonds is 8. The third-order valence-corrected chi connectivity index (χ3v) is 14.2. The van der Waals surface area contributed by atoms with Crippen molar-refractivity contribution in [3.05, 3.63) is 282 Å². The lowest BCUT2D eigenvalue weighted by atomic mass is 9.67. The molecule has 0 fully saturated rings. The number of benzene rings is 10. The molecule has 0 atom stereocenters. The first-order valence-corrected chi connectivity index (χ1v) is 22.7. The maximum Gasteiger partial charge on any atom is 0.0714 e. The van der Waals surface area contributed by atoms with Gasteiger partial charge in [0, 0.05) is 22.5 Å². The number of nitrogens with zero attached hydrogens (tertiary/aromatic N) is 1. The lowest BCUT2D eigenvalue weighted by Gasteiger charge is -2.35. The average Bonchev–Trinajstić information content (AvgIpc) is 3.80. The molecule has 2 aliphatic rings. The lowest BCUT2D eigenvalue weighted by Crippen LogP contribution is -2.28. The summed E-state index contributed by atoms with van der Waals surface area (Å²) < 4.78 is 0. The highest BCUT2D eigenvalue weighted by atomic mass is 15.1. The molecule has 308 valence electrons. The summed E-state index contributed by atoms with van der Waals surface area (Å²) in [7, 11) is 0. The summed E-state index contributed by atoms with van der Waals surface area (Å²) in [6.45, 7) is 4.74. The van der Waals surface area contributed by atoms with Gasteiger partial charge in [-0.1, -0.05) is 226 Å². The third kappa shape index (κ3) is 6.22. The standard InChI is InChI=1S/C64H47N/c1-63(2)59-27-14-12-25-55(59)57-39-37-53(42-61(57)63)65(52-24-16-19-49(41-52)48-35-33-47(34-36-48)46-31-29-45(30-32-46)44-17-6-3-7-18-44)54-38-40-58-56-26-13-15-28-60(56)64(62(58)43-54,50-20-8-4-9-21-50)51-22-10-5-11-23-51/h3-43H,1-2H3. The summed E-state index contributed by atoms with van der Waals surface area (Å²) in [5, 5.41) is 0. The fourth-order valence-corrected chi connectivity index (χ4v) is 11.0. The fraction of sp³-hybridized carbons (Fsp3) is 0.0625. The van der Waals surface area contributed by atoms with E-state index in [4.69, 9.17) is 0 Å². The topological polar surface area (TPSA) is 3.24 Å². The van der Waals surface area contributed by atoms with E-state index in [1.165, 1.54) is 89.0 Å². The van der Waals surface area contributed by atoms with Gasteiger partial charge in [0.05, 0.1) is 5.41 Å². The quantitative estimate of drug-likeness (QED) is 0.147. The van der Waals surface area contributed by atoms with Crippen molar-refractivity contribution in [1.29, 1.82) is 0 Å². The minimum absolute atomic E-state index is 0.144. The van der Waals surface area contributed by atoms with Crippen molar-refractivity contribution in [2.75, 3.05) is 4.90 Å². The van der Waals surface area contributed by atoms with Crippen molar-refractivity contribution in [1.82, 2.24) is 0 Å². The average molecular weight is 830 g/mol. The van der Waals surface area contributed by atoms with Crippen molar-refractivity contribution in [3.63, 3.8) is 0 Å². The first-order valence-electron chi connectivity index (χ1n) is 22.7. The number of fused-ring (bicyclic) bond motifs is 6. The molecular formula is C64H47N. The normalized spacial score (nSPS) is 13.6. The Labute approximate surface area is 382 Å². The zero-order chi connectivity index (χ0) is 43.5. The molecule has 0 radical (unpaired) electrons. The smallest absolute Gasteiger partial charge is 0.0714 e. The molecule has 0 aliphatic heterocycles. The van der Waals surface area contributed by atoms with Gasteiger partial charge in [0.2, 0.25) is 0 Å². The largest absolute Gasteiger partial charge is 0.310 e. The van der Waals surface area contributed by atoms with Crippen LogP contribution in [0.5, 0.6) is 0 Å². The molecule has 0 saturated carbocycles. The molecule has 2 aliphatic carbocycles. The van der Waals surface area contributed by atoms with Gasteiger partial charge in [0.15, 0.2) is 0 Å². The van der Waals surface area contributed by atoms with Crippen LogP contribution in [-0.4, -0.2) is 0 Å². The molecule has 0 unspecified atom stereocenters. The van der Waals surface area contributed by atoms with E-state index >= 15 is 0 Å². The van der Waals surface area contributed by atoms with Crippen LogP contribution in [0.3, 0.4) is 0 Å². The number of hydrogen-bond donors (Lipinski definition) is 0. The zero-order valence-electron chi connectivity index (χ0n) is 36.6. The van der Waals surface area contributed by atoms with Gasteiger partial charge in [-0.2, -0.15) is 0 Å². The number of anilines is 3. The molecule has 0 N–H and O–H groups in total. The Morgan fingerprint density at radius 1 is 0.262 bits per heavy atom. The van der Waals surface area contributed by atoms with Gasteiger partial charge < -0.3 is 4.90 Å². The van der Waals surface area contributed by atoms with Crippen LogP contribution in [0.15, 0.2) is 249 Å². The van der Waals surface area contributed by atoms with Crippen LogP contribution >= 0.6 is 0 Å². The summed E-state index contributed by atoms with van der Waals surface area (Å²) in [6, 6.07) is 92.0. The Bertz CT molecular complexity index is 3320. The maximum absolute atomic E-state index is 2.48.